The van der Waals surface area contributed by atoms with Gasteiger partial charge in [-0.25, -0.2) is 4.79 Å². The minimum absolute atomic E-state index is 0.114. The van der Waals surface area contributed by atoms with E-state index in [0.29, 0.717) is 13.1 Å². The first-order chi connectivity index (χ1) is 8.24. The Kier molecular flexibility index (Phi) is 2.44. The second kappa shape index (κ2) is 3.96. The van der Waals surface area contributed by atoms with E-state index < -0.39 is 0 Å². The number of carbonyl (C=O) groups is 1. The van der Waals surface area contributed by atoms with Crippen molar-refractivity contribution in [1.29, 1.82) is 0 Å². The van der Waals surface area contributed by atoms with E-state index in [-0.39, 0.29) is 12.2 Å². The Bertz CT molecular complexity index is 579. The molecule has 1 amide bonds. The molecule has 1 aliphatic rings. The highest BCUT2D eigenvalue weighted by atomic mass is 35.5. The summed E-state index contributed by atoms with van der Waals surface area (Å²) in [4.78, 5) is 10.9. The Labute approximate surface area is 103 Å². The first-order valence-electron chi connectivity index (χ1n) is 5.42. The number of benzene rings is 1. The van der Waals surface area contributed by atoms with Crippen molar-refractivity contribution in [3.8, 4) is 0 Å². The molecule has 1 atom stereocenters. The highest BCUT2D eigenvalue weighted by Crippen LogP contribution is 2.24. The van der Waals surface area contributed by atoms with Crippen molar-refractivity contribution in [2.24, 2.45) is 0 Å². The summed E-state index contributed by atoms with van der Waals surface area (Å²) < 4.78 is 7.16. The zero-order chi connectivity index (χ0) is 11.8. The molecule has 1 unspecified atom stereocenters. The number of cyclic esters (lactones) is 1. The maximum atomic E-state index is 10.9. The van der Waals surface area contributed by atoms with Gasteiger partial charge in [0.05, 0.1) is 13.1 Å². The summed E-state index contributed by atoms with van der Waals surface area (Å²) in [5, 5.41) is 4.40. The van der Waals surface area contributed by atoms with E-state index in [1.54, 1.807) is 0 Å². The number of nitrogens with zero attached hydrogens (tertiary/aromatic N) is 1. The molecular formula is C12H11ClN2O2. The molecule has 1 aliphatic heterocycles. The monoisotopic (exact) mass is 250 g/mol. The van der Waals surface area contributed by atoms with Crippen molar-refractivity contribution in [2.45, 2.75) is 12.6 Å². The summed E-state index contributed by atoms with van der Waals surface area (Å²) >= 11 is 6.10. The van der Waals surface area contributed by atoms with Gasteiger partial charge < -0.3 is 14.6 Å². The van der Waals surface area contributed by atoms with Crippen molar-refractivity contribution in [2.75, 3.05) is 6.54 Å². The molecule has 0 radical (unpaired) electrons. The third kappa shape index (κ3) is 1.85. The van der Waals surface area contributed by atoms with Gasteiger partial charge in [-0.3, -0.25) is 0 Å². The highest BCUT2D eigenvalue weighted by Gasteiger charge is 2.23. The SMILES string of the molecule is O=C1NCC(Cn2ccc3c(Cl)cccc32)O1. The average molecular weight is 251 g/mol. The van der Waals surface area contributed by atoms with Crippen molar-refractivity contribution in [3.05, 3.63) is 35.5 Å². The Morgan fingerprint density at radius 2 is 2.35 bits per heavy atom. The Morgan fingerprint density at radius 1 is 1.47 bits per heavy atom. The number of carbonyl (C=O) groups excluding carboxylic acids is 1. The van der Waals surface area contributed by atoms with Gasteiger partial charge in [-0.05, 0) is 18.2 Å². The summed E-state index contributed by atoms with van der Waals surface area (Å²) in [6.07, 6.45) is 1.50. The maximum absolute atomic E-state index is 10.9. The van der Waals surface area contributed by atoms with Crippen LogP contribution in [0.3, 0.4) is 0 Å². The third-order valence-electron chi connectivity index (χ3n) is 2.91. The molecule has 1 aromatic heterocycles. The highest BCUT2D eigenvalue weighted by molar-refractivity contribution is 6.35. The van der Waals surface area contributed by atoms with E-state index in [1.807, 2.05) is 35.0 Å². The van der Waals surface area contributed by atoms with Gasteiger partial charge in [-0.1, -0.05) is 17.7 Å². The van der Waals surface area contributed by atoms with Gasteiger partial charge in [0.25, 0.3) is 0 Å². The standard InChI is InChI=1S/C12H11ClN2O2/c13-10-2-1-3-11-9(10)4-5-15(11)7-8-6-14-12(16)17-8/h1-5,8H,6-7H2,(H,14,16). The van der Waals surface area contributed by atoms with E-state index in [2.05, 4.69) is 5.32 Å². The summed E-state index contributed by atoms with van der Waals surface area (Å²) in [6, 6.07) is 7.76. The zero-order valence-corrected chi connectivity index (χ0v) is 9.78. The number of halogens is 1. The van der Waals surface area contributed by atoms with Crippen LogP contribution in [-0.2, 0) is 11.3 Å². The molecule has 17 heavy (non-hydrogen) atoms. The van der Waals surface area contributed by atoms with Gasteiger partial charge in [0, 0.05) is 22.1 Å². The fourth-order valence-corrected chi connectivity index (χ4v) is 2.33. The van der Waals surface area contributed by atoms with Gasteiger partial charge in [0.1, 0.15) is 6.10 Å². The van der Waals surface area contributed by atoms with Crippen LogP contribution in [0.4, 0.5) is 4.79 Å². The normalized spacial score (nSPS) is 19.4. The molecule has 2 aromatic rings. The number of ether oxygens (including phenoxy) is 1. The molecule has 4 nitrogen and oxygen atoms in total. The molecule has 1 fully saturated rings. The van der Waals surface area contributed by atoms with E-state index >= 15 is 0 Å². The average Bonchev–Trinajstić information content (AvgIpc) is 2.88. The smallest absolute Gasteiger partial charge is 0.407 e. The second-order valence-electron chi connectivity index (χ2n) is 4.05. The number of alkyl carbamates (subject to hydrolysis) is 1. The zero-order valence-electron chi connectivity index (χ0n) is 9.02. The number of hydrogen-bond donors (Lipinski definition) is 1. The molecule has 5 heteroatoms. The third-order valence-corrected chi connectivity index (χ3v) is 3.24. The van der Waals surface area contributed by atoms with Crippen LogP contribution in [-0.4, -0.2) is 23.3 Å². The molecule has 1 aromatic carbocycles. The molecule has 2 heterocycles. The van der Waals surface area contributed by atoms with Crippen molar-refractivity contribution < 1.29 is 9.53 Å². The molecule has 0 spiro atoms. The molecule has 1 N–H and O–H groups in total. The van der Waals surface area contributed by atoms with Gasteiger partial charge in [-0.2, -0.15) is 0 Å². The lowest BCUT2D eigenvalue weighted by Crippen LogP contribution is -2.20. The first-order valence-corrected chi connectivity index (χ1v) is 5.80. The quantitative estimate of drug-likeness (QED) is 0.890. The molecule has 0 bridgehead atoms. The predicted octanol–water partition coefficient (Wildman–Crippen LogP) is 2.40. The summed E-state index contributed by atoms with van der Waals surface area (Å²) in [7, 11) is 0. The van der Waals surface area contributed by atoms with Crippen LogP contribution in [0, 0.1) is 0 Å². The molecule has 3 rings (SSSR count). The Balaban J connectivity index is 1.91. The van der Waals surface area contributed by atoms with Crippen LogP contribution in [0.15, 0.2) is 30.5 Å². The number of rotatable bonds is 2. The van der Waals surface area contributed by atoms with E-state index in [0.717, 1.165) is 15.9 Å². The minimum atomic E-state index is -0.343. The van der Waals surface area contributed by atoms with Gasteiger partial charge in [0.2, 0.25) is 0 Å². The van der Waals surface area contributed by atoms with E-state index in [4.69, 9.17) is 16.3 Å². The van der Waals surface area contributed by atoms with Gasteiger partial charge >= 0.3 is 6.09 Å². The van der Waals surface area contributed by atoms with Gasteiger partial charge in [-0.15, -0.1) is 0 Å². The van der Waals surface area contributed by atoms with Crippen LogP contribution in [0.2, 0.25) is 5.02 Å². The first kappa shape index (κ1) is 10.5. The molecule has 88 valence electrons. The molecule has 0 saturated carbocycles. The van der Waals surface area contributed by atoms with E-state index in [1.165, 1.54) is 0 Å². The van der Waals surface area contributed by atoms with Crippen molar-refractivity contribution in [3.63, 3.8) is 0 Å². The summed E-state index contributed by atoms with van der Waals surface area (Å²) in [5.41, 5.74) is 1.06. The predicted molar refractivity (Wildman–Crippen MR) is 65.2 cm³/mol. The van der Waals surface area contributed by atoms with Crippen LogP contribution in [0.1, 0.15) is 0 Å². The van der Waals surface area contributed by atoms with Crippen molar-refractivity contribution >= 4 is 28.6 Å². The van der Waals surface area contributed by atoms with E-state index in [9.17, 15) is 4.79 Å². The number of amides is 1. The fraction of sp³-hybridized carbons (Fsp3) is 0.250. The lowest BCUT2D eigenvalue weighted by atomic mass is 10.2. The largest absolute Gasteiger partial charge is 0.442 e. The maximum Gasteiger partial charge on any atom is 0.407 e. The molecular weight excluding hydrogens is 240 g/mol. The second-order valence-corrected chi connectivity index (χ2v) is 4.46. The lowest BCUT2D eigenvalue weighted by molar-refractivity contribution is 0.131. The summed E-state index contributed by atoms with van der Waals surface area (Å²) in [5.74, 6) is 0. The number of fused-ring (bicyclic) bond motifs is 1. The van der Waals surface area contributed by atoms with Gasteiger partial charge in [0.15, 0.2) is 0 Å². The van der Waals surface area contributed by atoms with Crippen LogP contribution < -0.4 is 5.32 Å². The fourth-order valence-electron chi connectivity index (χ4n) is 2.10. The molecule has 0 aliphatic carbocycles. The number of hydrogen-bond acceptors (Lipinski definition) is 2. The van der Waals surface area contributed by atoms with Crippen LogP contribution in [0.25, 0.3) is 10.9 Å². The topological polar surface area (TPSA) is 43.3 Å². The van der Waals surface area contributed by atoms with Crippen LogP contribution in [0.5, 0.6) is 0 Å². The van der Waals surface area contributed by atoms with Crippen molar-refractivity contribution in [1.82, 2.24) is 9.88 Å². The minimum Gasteiger partial charge on any atom is -0.442 e. The van der Waals surface area contributed by atoms with Crippen LogP contribution >= 0.6 is 11.6 Å². The summed E-state index contributed by atoms with van der Waals surface area (Å²) in [6.45, 7) is 1.20. The Hall–Kier alpha value is -1.68. The number of nitrogens with one attached hydrogen (secondary N) is 1. The lowest BCUT2D eigenvalue weighted by Gasteiger charge is -2.10. The number of aromatic nitrogens is 1. The molecule has 1 saturated heterocycles. The Morgan fingerprint density at radius 3 is 3.12 bits per heavy atom.